The van der Waals surface area contributed by atoms with E-state index in [-0.39, 0.29) is 11.6 Å². The summed E-state index contributed by atoms with van der Waals surface area (Å²) in [6.45, 7) is 2.62. The quantitative estimate of drug-likeness (QED) is 0.842. The number of hydrogen-bond donors (Lipinski definition) is 1. The summed E-state index contributed by atoms with van der Waals surface area (Å²) < 4.78 is 1.79. The SMILES string of the molecule is Cc1cccc(=O)n1CC(N)C1CCCC1. The molecule has 1 aliphatic carbocycles. The van der Waals surface area contributed by atoms with Crippen molar-refractivity contribution in [3.8, 4) is 0 Å². The van der Waals surface area contributed by atoms with E-state index in [1.54, 1.807) is 16.7 Å². The van der Waals surface area contributed by atoms with E-state index in [2.05, 4.69) is 0 Å². The van der Waals surface area contributed by atoms with Crippen molar-refractivity contribution in [3.05, 3.63) is 34.2 Å². The zero-order chi connectivity index (χ0) is 11.5. The molecule has 0 amide bonds. The topological polar surface area (TPSA) is 48.0 Å². The molecule has 1 saturated carbocycles. The number of hydrogen-bond acceptors (Lipinski definition) is 2. The minimum absolute atomic E-state index is 0.0634. The minimum Gasteiger partial charge on any atom is -0.326 e. The van der Waals surface area contributed by atoms with Crippen LogP contribution in [0.4, 0.5) is 0 Å². The molecule has 1 aromatic heterocycles. The Balaban J connectivity index is 2.11. The van der Waals surface area contributed by atoms with Gasteiger partial charge in [0.2, 0.25) is 0 Å². The molecular formula is C13H20N2O. The van der Waals surface area contributed by atoms with E-state index in [0.29, 0.717) is 12.5 Å². The fourth-order valence-electron chi connectivity index (χ4n) is 2.60. The standard InChI is InChI=1S/C13H20N2O/c1-10-5-4-8-13(16)15(10)9-12(14)11-6-2-3-7-11/h4-5,8,11-12H,2-3,6-7,9,14H2,1H3. The summed E-state index contributed by atoms with van der Waals surface area (Å²) >= 11 is 0. The number of rotatable bonds is 3. The molecule has 0 bridgehead atoms. The second-order valence-corrected chi connectivity index (χ2v) is 4.82. The molecule has 1 fully saturated rings. The maximum Gasteiger partial charge on any atom is 0.250 e. The Morgan fingerprint density at radius 3 is 2.75 bits per heavy atom. The van der Waals surface area contributed by atoms with Gasteiger partial charge in [-0.3, -0.25) is 4.79 Å². The number of pyridine rings is 1. The van der Waals surface area contributed by atoms with Crippen LogP contribution in [-0.4, -0.2) is 10.6 Å². The van der Waals surface area contributed by atoms with Gasteiger partial charge < -0.3 is 10.3 Å². The molecule has 1 atom stereocenters. The maximum absolute atomic E-state index is 11.7. The second kappa shape index (κ2) is 4.83. The summed E-state index contributed by atoms with van der Waals surface area (Å²) in [6, 6.07) is 5.49. The molecule has 0 saturated heterocycles. The first-order chi connectivity index (χ1) is 7.68. The molecule has 2 rings (SSSR count). The van der Waals surface area contributed by atoms with Gasteiger partial charge in [-0.05, 0) is 31.7 Å². The van der Waals surface area contributed by atoms with Crippen molar-refractivity contribution < 1.29 is 0 Å². The molecule has 0 radical (unpaired) electrons. The lowest BCUT2D eigenvalue weighted by Crippen LogP contribution is -2.37. The summed E-state index contributed by atoms with van der Waals surface area (Å²) in [7, 11) is 0. The van der Waals surface area contributed by atoms with E-state index in [9.17, 15) is 4.79 Å². The Morgan fingerprint density at radius 1 is 1.44 bits per heavy atom. The lowest BCUT2D eigenvalue weighted by atomic mass is 9.99. The zero-order valence-electron chi connectivity index (χ0n) is 9.86. The molecule has 1 unspecified atom stereocenters. The van der Waals surface area contributed by atoms with Crippen LogP contribution in [0.5, 0.6) is 0 Å². The zero-order valence-corrected chi connectivity index (χ0v) is 9.86. The molecular weight excluding hydrogens is 200 g/mol. The van der Waals surface area contributed by atoms with Gasteiger partial charge in [0.05, 0.1) is 0 Å². The first-order valence-corrected chi connectivity index (χ1v) is 6.10. The Morgan fingerprint density at radius 2 is 2.12 bits per heavy atom. The fourth-order valence-corrected chi connectivity index (χ4v) is 2.60. The molecule has 1 aliphatic rings. The van der Waals surface area contributed by atoms with Gasteiger partial charge in [-0.1, -0.05) is 18.9 Å². The van der Waals surface area contributed by atoms with Gasteiger partial charge in [-0.25, -0.2) is 0 Å². The van der Waals surface area contributed by atoms with Crippen molar-refractivity contribution in [2.75, 3.05) is 0 Å². The van der Waals surface area contributed by atoms with E-state index >= 15 is 0 Å². The molecule has 0 aliphatic heterocycles. The minimum atomic E-state index is 0.0634. The molecule has 16 heavy (non-hydrogen) atoms. The number of aryl methyl sites for hydroxylation is 1. The lowest BCUT2D eigenvalue weighted by molar-refractivity contribution is 0.380. The Hall–Kier alpha value is -1.09. The third kappa shape index (κ3) is 2.35. The first-order valence-electron chi connectivity index (χ1n) is 6.10. The van der Waals surface area contributed by atoms with Gasteiger partial charge in [0, 0.05) is 24.3 Å². The predicted molar refractivity (Wildman–Crippen MR) is 65.4 cm³/mol. The second-order valence-electron chi connectivity index (χ2n) is 4.82. The van der Waals surface area contributed by atoms with Crippen LogP contribution < -0.4 is 11.3 Å². The summed E-state index contributed by atoms with van der Waals surface area (Å²) in [5, 5.41) is 0. The van der Waals surface area contributed by atoms with Crippen LogP contribution >= 0.6 is 0 Å². The molecule has 0 aromatic carbocycles. The highest BCUT2D eigenvalue weighted by Crippen LogP contribution is 2.27. The summed E-state index contributed by atoms with van der Waals surface area (Å²) in [4.78, 5) is 11.7. The van der Waals surface area contributed by atoms with Crippen LogP contribution in [0.1, 0.15) is 31.4 Å². The Labute approximate surface area is 96.3 Å². The normalized spacial score (nSPS) is 18.9. The van der Waals surface area contributed by atoms with Crippen molar-refractivity contribution >= 4 is 0 Å². The average molecular weight is 220 g/mol. The van der Waals surface area contributed by atoms with Crippen LogP contribution in [0.3, 0.4) is 0 Å². The van der Waals surface area contributed by atoms with Crippen molar-refractivity contribution in [2.24, 2.45) is 11.7 Å². The van der Waals surface area contributed by atoms with Crippen molar-refractivity contribution in [2.45, 2.75) is 45.2 Å². The Bertz CT molecular complexity index is 405. The number of nitrogens with zero attached hydrogens (tertiary/aromatic N) is 1. The first kappa shape index (κ1) is 11.4. The molecule has 3 heteroatoms. The van der Waals surface area contributed by atoms with Gasteiger partial charge >= 0.3 is 0 Å². The number of aromatic nitrogens is 1. The van der Waals surface area contributed by atoms with Gasteiger partial charge in [0.1, 0.15) is 0 Å². The highest BCUT2D eigenvalue weighted by atomic mass is 16.1. The fraction of sp³-hybridized carbons (Fsp3) is 0.615. The van der Waals surface area contributed by atoms with Crippen LogP contribution in [0.15, 0.2) is 23.0 Å². The summed E-state index contributed by atoms with van der Waals surface area (Å²) in [5.74, 6) is 0.603. The van der Waals surface area contributed by atoms with Crippen LogP contribution in [0, 0.1) is 12.8 Å². The van der Waals surface area contributed by atoms with Crippen molar-refractivity contribution in [1.82, 2.24) is 4.57 Å². The highest BCUT2D eigenvalue weighted by molar-refractivity contribution is 5.05. The molecule has 2 N–H and O–H groups in total. The lowest BCUT2D eigenvalue weighted by Gasteiger charge is -2.21. The summed E-state index contributed by atoms with van der Waals surface area (Å²) in [6.07, 6.45) is 5.03. The van der Waals surface area contributed by atoms with E-state index in [0.717, 1.165) is 5.69 Å². The largest absolute Gasteiger partial charge is 0.326 e. The third-order valence-electron chi connectivity index (χ3n) is 3.67. The molecule has 1 heterocycles. The van der Waals surface area contributed by atoms with Gasteiger partial charge in [-0.15, -0.1) is 0 Å². The van der Waals surface area contributed by atoms with Crippen molar-refractivity contribution in [3.63, 3.8) is 0 Å². The molecule has 3 nitrogen and oxygen atoms in total. The van der Waals surface area contributed by atoms with Crippen molar-refractivity contribution in [1.29, 1.82) is 0 Å². The third-order valence-corrected chi connectivity index (χ3v) is 3.67. The van der Waals surface area contributed by atoms with Gasteiger partial charge in [0.15, 0.2) is 0 Å². The average Bonchev–Trinajstić information content (AvgIpc) is 2.76. The highest BCUT2D eigenvalue weighted by Gasteiger charge is 2.22. The van der Waals surface area contributed by atoms with E-state index in [1.165, 1.54) is 25.7 Å². The van der Waals surface area contributed by atoms with E-state index in [1.807, 2.05) is 13.0 Å². The van der Waals surface area contributed by atoms with E-state index < -0.39 is 0 Å². The smallest absolute Gasteiger partial charge is 0.250 e. The molecule has 88 valence electrons. The molecule has 0 spiro atoms. The Kier molecular flexibility index (Phi) is 3.44. The van der Waals surface area contributed by atoms with E-state index in [4.69, 9.17) is 5.73 Å². The maximum atomic E-state index is 11.7. The summed E-state index contributed by atoms with van der Waals surface area (Å²) in [5.41, 5.74) is 7.25. The predicted octanol–water partition coefficient (Wildman–Crippen LogP) is 1.67. The van der Waals surface area contributed by atoms with Crippen LogP contribution in [0.25, 0.3) is 0 Å². The van der Waals surface area contributed by atoms with Crippen LogP contribution in [0.2, 0.25) is 0 Å². The molecule has 1 aromatic rings. The monoisotopic (exact) mass is 220 g/mol. The van der Waals surface area contributed by atoms with Crippen LogP contribution in [-0.2, 0) is 6.54 Å². The van der Waals surface area contributed by atoms with Gasteiger partial charge in [0.25, 0.3) is 5.56 Å². The van der Waals surface area contributed by atoms with Gasteiger partial charge in [-0.2, -0.15) is 0 Å². The number of nitrogens with two attached hydrogens (primary N) is 1.